The number of nitrogens with zero attached hydrogens (tertiary/aromatic N) is 3. The van der Waals surface area contributed by atoms with Crippen LogP contribution in [-0.4, -0.2) is 59.3 Å². The van der Waals surface area contributed by atoms with Crippen LogP contribution in [0.15, 0.2) is 54.6 Å². The van der Waals surface area contributed by atoms with Crippen molar-refractivity contribution in [3.05, 3.63) is 75.8 Å². The highest BCUT2D eigenvalue weighted by Gasteiger charge is 2.37. The fourth-order valence-electron chi connectivity index (χ4n) is 4.28. The standard InChI is InChI=1S/C23H25N3O5/c27-22(18-8-10-19(11-9-18)26(29)30)24-12-14-25(15-13-24)23(28)20-7-4-16-31-21(20)17-5-2-1-3-6-17/h1-3,5-6,8-11,20-21H,4,7,12-16H2. The molecule has 0 aromatic heterocycles. The van der Waals surface area contributed by atoms with Crippen LogP contribution in [0, 0.1) is 16.0 Å². The summed E-state index contributed by atoms with van der Waals surface area (Å²) in [5.41, 5.74) is 1.39. The second-order valence-electron chi connectivity index (χ2n) is 7.87. The van der Waals surface area contributed by atoms with E-state index in [9.17, 15) is 19.7 Å². The van der Waals surface area contributed by atoms with Gasteiger partial charge in [-0.3, -0.25) is 19.7 Å². The fraction of sp³-hybridized carbons (Fsp3) is 0.391. The topological polar surface area (TPSA) is 93.0 Å². The highest BCUT2D eigenvalue weighted by molar-refractivity contribution is 5.94. The van der Waals surface area contributed by atoms with Crippen LogP contribution in [0.25, 0.3) is 0 Å². The minimum atomic E-state index is -0.490. The van der Waals surface area contributed by atoms with Crippen molar-refractivity contribution in [1.82, 2.24) is 9.80 Å². The summed E-state index contributed by atoms with van der Waals surface area (Å²) in [5.74, 6) is -0.311. The van der Waals surface area contributed by atoms with E-state index in [4.69, 9.17) is 4.74 Å². The molecule has 2 amide bonds. The van der Waals surface area contributed by atoms with Crippen LogP contribution < -0.4 is 0 Å². The summed E-state index contributed by atoms with van der Waals surface area (Å²) in [4.78, 5) is 39.8. The number of hydrogen-bond acceptors (Lipinski definition) is 5. The Kier molecular flexibility index (Phi) is 6.27. The molecule has 0 N–H and O–H groups in total. The van der Waals surface area contributed by atoms with E-state index >= 15 is 0 Å². The molecule has 0 spiro atoms. The number of hydrogen-bond donors (Lipinski definition) is 0. The average molecular weight is 423 g/mol. The number of carbonyl (C=O) groups excluding carboxylic acids is 2. The number of benzene rings is 2. The molecular formula is C23H25N3O5. The second-order valence-corrected chi connectivity index (χ2v) is 7.87. The van der Waals surface area contributed by atoms with Gasteiger partial charge in [0.2, 0.25) is 5.91 Å². The predicted octanol–water partition coefficient (Wildman–Crippen LogP) is 3.05. The Morgan fingerprint density at radius 2 is 1.58 bits per heavy atom. The molecule has 2 aromatic rings. The molecule has 0 aliphatic carbocycles. The van der Waals surface area contributed by atoms with Crippen LogP contribution >= 0.6 is 0 Å². The monoisotopic (exact) mass is 423 g/mol. The van der Waals surface area contributed by atoms with Crippen LogP contribution in [0.4, 0.5) is 5.69 Å². The molecule has 0 bridgehead atoms. The largest absolute Gasteiger partial charge is 0.373 e. The zero-order chi connectivity index (χ0) is 21.8. The summed E-state index contributed by atoms with van der Waals surface area (Å²) in [6, 6.07) is 15.5. The highest BCUT2D eigenvalue weighted by Crippen LogP contribution is 2.35. The maximum atomic E-state index is 13.3. The first-order valence-electron chi connectivity index (χ1n) is 10.5. The molecule has 31 heavy (non-hydrogen) atoms. The smallest absolute Gasteiger partial charge is 0.269 e. The number of piperazine rings is 1. The summed E-state index contributed by atoms with van der Waals surface area (Å²) >= 11 is 0. The van der Waals surface area contributed by atoms with Crippen molar-refractivity contribution < 1.29 is 19.2 Å². The maximum absolute atomic E-state index is 13.3. The Hall–Kier alpha value is -3.26. The van der Waals surface area contributed by atoms with E-state index in [1.165, 1.54) is 24.3 Å². The van der Waals surface area contributed by atoms with E-state index in [0.717, 1.165) is 18.4 Å². The molecule has 8 nitrogen and oxygen atoms in total. The van der Waals surface area contributed by atoms with Crippen LogP contribution in [-0.2, 0) is 9.53 Å². The Bertz CT molecular complexity index is 939. The molecule has 0 saturated carbocycles. The number of non-ortho nitro benzene ring substituents is 1. The molecule has 2 aliphatic rings. The van der Waals surface area contributed by atoms with Gasteiger partial charge in [-0.25, -0.2) is 0 Å². The Labute approximate surface area is 180 Å². The van der Waals surface area contributed by atoms with Crippen molar-refractivity contribution in [2.75, 3.05) is 32.8 Å². The fourth-order valence-corrected chi connectivity index (χ4v) is 4.28. The lowest BCUT2D eigenvalue weighted by molar-refractivity contribution is -0.384. The number of ether oxygens (including phenoxy) is 1. The number of carbonyl (C=O) groups is 2. The zero-order valence-corrected chi connectivity index (χ0v) is 17.2. The van der Waals surface area contributed by atoms with Gasteiger partial charge in [-0.05, 0) is 30.5 Å². The van der Waals surface area contributed by atoms with Crippen molar-refractivity contribution in [3.63, 3.8) is 0 Å². The van der Waals surface area contributed by atoms with Crippen LogP contribution in [0.5, 0.6) is 0 Å². The Morgan fingerprint density at radius 1 is 0.935 bits per heavy atom. The van der Waals surface area contributed by atoms with Crippen molar-refractivity contribution in [2.24, 2.45) is 5.92 Å². The number of rotatable bonds is 4. The summed E-state index contributed by atoms with van der Waals surface area (Å²) in [7, 11) is 0. The minimum Gasteiger partial charge on any atom is -0.373 e. The molecule has 2 aliphatic heterocycles. The summed E-state index contributed by atoms with van der Waals surface area (Å²) < 4.78 is 5.97. The van der Waals surface area contributed by atoms with E-state index in [-0.39, 0.29) is 29.5 Å². The number of amides is 2. The zero-order valence-electron chi connectivity index (χ0n) is 17.2. The van der Waals surface area contributed by atoms with E-state index in [0.29, 0.717) is 38.3 Å². The van der Waals surface area contributed by atoms with Crippen LogP contribution in [0.3, 0.4) is 0 Å². The third-order valence-corrected chi connectivity index (χ3v) is 5.97. The second kappa shape index (κ2) is 9.26. The van der Waals surface area contributed by atoms with Gasteiger partial charge in [0.15, 0.2) is 0 Å². The van der Waals surface area contributed by atoms with Crippen LogP contribution in [0.1, 0.15) is 34.9 Å². The van der Waals surface area contributed by atoms with Gasteiger partial charge < -0.3 is 14.5 Å². The van der Waals surface area contributed by atoms with Gasteiger partial charge in [-0.1, -0.05) is 30.3 Å². The van der Waals surface area contributed by atoms with Gasteiger partial charge in [0.1, 0.15) is 0 Å². The molecule has 162 valence electrons. The average Bonchev–Trinajstić information content (AvgIpc) is 2.84. The van der Waals surface area contributed by atoms with Gasteiger partial charge >= 0.3 is 0 Å². The van der Waals surface area contributed by atoms with Crippen molar-refractivity contribution >= 4 is 17.5 Å². The third kappa shape index (κ3) is 4.59. The summed E-state index contributed by atoms with van der Waals surface area (Å²) in [5, 5.41) is 10.8. The number of nitro benzene ring substituents is 1. The molecule has 2 unspecified atom stereocenters. The van der Waals surface area contributed by atoms with E-state index in [1.807, 2.05) is 35.2 Å². The van der Waals surface area contributed by atoms with Crippen molar-refractivity contribution in [3.8, 4) is 0 Å². The van der Waals surface area contributed by atoms with Gasteiger partial charge in [0.05, 0.1) is 16.9 Å². The normalized spacial score (nSPS) is 21.5. The van der Waals surface area contributed by atoms with Gasteiger partial charge in [-0.15, -0.1) is 0 Å². The molecule has 2 heterocycles. The predicted molar refractivity (Wildman–Crippen MR) is 113 cm³/mol. The third-order valence-electron chi connectivity index (χ3n) is 5.97. The molecule has 2 saturated heterocycles. The lowest BCUT2D eigenvalue weighted by atomic mass is 9.88. The Balaban J connectivity index is 1.38. The summed E-state index contributed by atoms with van der Waals surface area (Å²) in [6.07, 6.45) is 1.42. The summed E-state index contributed by atoms with van der Waals surface area (Å²) in [6.45, 7) is 2.46. The molecule has 4 rings (SSSR count). The molecule has 2 aromatic carbocycles. The highest BCUT2D eigenvalue weighted by atomic mass is 16.6. The van der Waals surface area contributed by atoms with E-state index < -0.39 is 4.92 Å². The molecule has 0 radical (unpaired) electrons. The molecule has 2 atom stereocenters. The molecular weight excluding hydrogens is 398 g/mol. The number of nitro groups is 1. The van der Waals surface area contributed by atoms with Gasteiger partial charge in [0.25, 0.3) is 11.6 Å². The molecule has 2 fully saturated rings. The van der Waals surface area contributed by atoms with Gasteiger partial charge in [-0.2, -0.15) is 0 Å². The Morgan fingerprint density at radius 3 is 2.23 bits per heavy atom. The van der Waals surface area contributed by atoms with E-state index in [2.05, 4.69) is 0 Å². The SMILES string of the molecule is O=C(c1ccc([N+](=O)[O-])cc1)N1CCN(C(=O)C2CCCOC2c2ccccc2)CC1. The lowest BCUT2D eigenvalue weighted by Crippen LogP contribution is -2.53. The first-order chi connectivity index (χ1) is 15.0. The molecule has 8 heteroatoms. The lowest BCUT2D eigenvalue weighted by Gasteiger charge is -2.39. The van der Waals surface area contributed by atoms with Gasteiger partial charge in [0, 0.05) is 50.5 Å². The quantitative estimate of drug-likeness (QED) is 0.557. The first kappa shape index (κ1) is 21.0. The maximum Gasteiger partial charge on any atom is 0.269 e. The van der Waals surface area contributed by atoms with Crippen molar-refractivity contribution in [1.29, 1.82) is 0 Å². The van der Waals surface area contributed by atoms with E-state index in [1.54, 1.807) is 4.90 Å². The first-order valence-corrected chi connectivity index (χ1v) is 10.5. The van der Waals surface area contributed by atoms with Crippen LogP contribution in [0.2, 0.25) is 0 Å². The van der Waals surface area contributed by atoms with Crippen molar-refractivity contribution in [2.45, 2.75) is 18.9 Å². The minimum absolute atomic E-state index is 0.0466.